The number of aromatic nitrogens is 1. The lowest BCUT2D eigenvalue weighted by Crippen LogP contribution is -2.47. The fraction of sp³-hybridized carbons (Fsp3) is 0.308. The van der Waals surface area contributed by atoms with Crippen molar-refractivity contribution >= 4 is 58.0 Å². The van der Waals surface area contributed by atoms with Crippen LogP contribution < -0.4 is 9.80 Å². The minimum atomic E-state index is -0.301. The number of hydrogen-bond donors (Lipinski definition) is 0. The molecular formula is C26H26Cl2FN5OS. The van der Waals surface area contributed by atoms with E-state index in [2.05, 4.69) is 26.9 Å². The van der Waals surface area contributed by atoms with E-state index >= 15 is 0 Å². The Kier molecular flexibility index (Phi) is 7.76. The highest BCUT2D eigenvalue weighted by Crippen LogP contribution is 2.34. The molecule has 0 radical (unpaired) electrons. The fourth-order valence-electron chi connectivity index (χ4n) is 4.56. The Balaban J connectivity index is 1.22. The summed E-state index contributed by atoms with van der Waals surface area (Å²) in [5, 5.41) is 0.730. The summed E-state index contributed by atoms with van der Waals surface area (Å²) in [6.07, 6.45) is 5.95. The number of halogens is 3. The van der Waals surface area contributed by atoms with E-state index in [0.29, 0.717) is 24.1 Å². The molecule has 0 saturated carbocycles. The van der Waals surface area contributed by atoms with Crippen molar-refractivity contribution < 1.29 is 9.18 Å². The zero-order valence-corrected chi connectivity index (χ0v) is 21.9. The lowest BCUT2D eigenvalue weighted by atomic mass is 10.2. The summed E-state index contributed by atoms with van der Waals surface area (Å²) in [4.78, 5) is 26.3. The number of carbonyl (C=O) groups excluding carboxylic acids is 1. The molecule has 0 atom stereocenters. The zero-order chi connectivity index (χ0) is 25.1. The largest absolute Gasteiger partial charge is 0.367 e. The first-order valence-electron chi connectivity index (χ1n) is 11.8. The first-order valence-corrected chi connectivity index (χ1v) is 13.4. The van der Waals surface area contributed by atoms with Crippen molar-refractivity contribution in [2.45, 2.75) is 6.54 Å². The van der Waals surface area contributed by atoms with Crippen LogP contribution in [0.25, 0.3) is 6.08 Å². The molecule has 2 fully saturated rings. The molecule has 0 bridgehead atoms. The lowest BCUT2D eigenvalue weighted by Gasteiger charge is -2.37. The Bertz CT molecular complexity index is 1240. The van der Waals surface area contributed by atoms with Gasteiger partial charge in [-0.3, -0.25) is 9.80 Å². The molecule has 2 saturated heterocycles. The van der Waals surface area contributed by atoms with Crippen LogP contribution >= 0.6 is 34.5 Å². The quantitative estimate of drug-likeness (QED) is 0.372. The molecule has 2 aromatic carbocycles. The van der Waals surface area contributed by atoms with Gasteiger partial charge in [0.15, 0.2) is 4.47 Å². The van der Waals surface area contributed by atoms with Crippen molar-refractivity contribution in [2.24, 2.45) is 0 Å². The number of benzene rings is 2. The van der Waals surface area contributed by atoms with Crippen molar-refractivity contribution in [3.05, 3.63) is 80.5 Å². The molecule has 5 rings (SSSR count). The van der Waals surface area contributed by atoms with Crippen molar-refractivity contribution in [1.29, 1.82) is 0 Å². The number of nitrogens with zero attached hydrogens (tertiary/aromatic N) is 5. The molecule has 0 N–H and O–H groups in total. The number of thiazole rings is 1. The Morgan fingerprint density at radius 1 is 0.972 bits per heavy atom. The number of carbonyl (C=O) groups is 1. The number of rotatable bonds is 7. The Morgan fingerprint density at radius 2 is 1.75 bits per heavy atom. The molecule has 6 nitrogen and oxygen atoms in total. The summed E-state index contributed by atoms with van der Waals surface area (Å²) >= 11 is 13.3. The van der Waals surface area contributed by atoms with Gasteiger partial charge in [-0.15, -0.1) is 11.3 Å². The van der Waals surface area contributed by atoms with Gasteiger partial charge in [0.05, 0.1) is 17.9 Å². The summed E-state index contributed by atoms with van der Waals surface area (Å²) in [6.45, 7) is 5.69. The van der Waals surface area contributed by atoms with Crippen LogP contribution in [0, 0.1) is 5.82 Å². The number of hydrogen-bond acceptors (Lipinski definition) is 5. The van der Waals surface area contributed by atoms with E-state index in [9.17, 15) is 9.18 Å². The maximum Gasteiger partial charge on any atom is 0.325 e. The summed E-state index contributed by atoms with van der Waals surface area (Å²) in [5.74, 6) is -0.301. The van der Waals surface area contributed by atoms with Crippen LogP contribution in [0.1, 0.15) is 10.4 Å². The molecule has 3 aromatic rings. The highest BCUT2D eigenvalue weighted by atomic mass is 35.5. The van der Waals surface area contributed by atoms with E-state index in [-0.39, 0.29) is 11.8 Å². The van der Waals surface area contributed by atoms with Gasteiger partial charge in [-0.25, -0.2) is 14.2 Å². The van der Waals surface area contributed by atoms with E-state index in [1.165, 1.54) is 17.4 Å². The van der Waals surface area contributed by atoms with Crippen LogP contribution in [0.2, 0.25) is 9.49 Å². The molecular weight excluding hydrogens is 520 g/mol. The maximum absolute atomic E-state index is 14.3. The van der Waals surface area contributed by atoms with E-state index in [0.717, 1.165) is 59.6 Å². The van der Waals surface area contributed by atoms with Crippen LogP contribution in [0.5, 0.6) is 0 Å². The summed E-state index contributed by atoms with van der Waals surface area (Å²) in [7, 11) is 0. The maximum atomic E-state index is 14.3. The average molecular weight is 546 g/mol. The third-order valence-corrected chi connectivity index (χ3v) is 7.80. The van der Waals surface area contributed by atoms with Gasteiger partial charge in [-0.05, 0) is 35.9 Å². The molecule has 10 heteroatoms. The Morgan fingerprint density at radius 3 is 2.47 bits per heavy atom. The van der Waals surface area contributed by atoms with Crippen LogP contribution in [-0.4, -0.2) is 66.6 Å². The Hall–Kier alpha value is -2.65. The van der Waals surface area contributed by atoms with Gasteiger partial charge in [0.1, 0.15) is 5.82 Å². The third kappa shape index (κ3) is 5.83. The topological polar surface area (TPSA) is 42.9 Å². The van der Waals surface area contributed by atoms with Gasteiger partial charge in [-0.2, -0.15) is 0 Å². The van der Waals surface area contributed by atoms with Crippen molar-refractivity contribution in [2.75, 3.05) is 55.6 Å². The van der Waals surface area contributed by atoms with Crippen LogP contribution in [0.4, 0.5) is 20.6 Å². The summed E-state index contributed by atoms with van der Waals surface area (Å²) in [6, 6.07) is 12.4. The predicted octanol–water partition coefficient (Wildman–Crippen LogP) is 5.87. The predicted molar refractivity (Wildman–Crippen MR) is 146 cm³/mol. The monoisotopic (exact) mass is 545 g/mol. The fourth-order valence-corrected chi connectivity index (χ4v) is 5.68. The van der Waals surface area contributed by atoms with Crippen molar-refractivity contribution in [3.8, 4) is 0 Å². The molecule has 1 aromatic heterocycles. The van der Waals surface area contributed by atoms with Gasteiger partial charge < -0.3 is 9.80 Å². The SMILES string of the molecule is O=C1N(Cc2cnc(Cl)s2)CCN1c1ccc(F)cc1N1CCN(C/C=C/c2ccc(Cl)cc2)CC1. The molecule has 36 heavy (non-hydrogen) atoms. The molecule has 188 valence electrons. The molecule has 2 aliphatic heterocycles. The third-order valence-electron chi connectivity index (χ3n) is 6.45. The highest BCUT2D eigenvalue weighted by Gasteiger charge is 2.32. The molecule has 0 spiro atoms. The number of anilines is 2. The second-order valence-corrected chi connectivity index (χ2v) is 10.9. The summed E-state index contributed by atoms with van der Waals surface area (Å²) in [5.41, 5.74) is 2.63. The average Bonchev–Trinajstić information content (AvgIpc) is 3.46. The minimum absolute atomic E-state index is 0.0849. The van der Waals surface area contributed by atoms with Gasteiger partial charge in [0, 0.05) is 61.9 Å². The van der Waals surface area contributed by atoms with Crippen LogP contribution in [0.3, 0.4) is 0 Å². The molecule has 3 heterocycles. The van der Waals surface area contributed by atoms with Gasteiger partial charge in [0.25, 0.3) is 0 Å². The van der Waals surface area contributed by atoms with E-state index < -0.39 is 0 Å². The highest BCUT2D eigenvalue weighted by molar-refractivity contribution is 7.15. The normalized spacial score (nSPS) is 17.1. The van der Waals surface area contributed by atoms with E-state index in [4.69, 9.17) is 23.2 Å². The minimum Gasteiger partial charge on any atom is -0.367 e. The molecule has 2 aliphatic rings. The number of piperazine rings is 1. The van der Waals surface area contributed by atoms with Gasteiger partial charge in [-0.1, -0.05) is 47.5 Å². The lowest BCUT2D eigenvalue weighted by molar-refractivity contribution is 0.219. The van der Waals surface area contributed by atoms with Crippen LogP contribution in [0.15, 0.2) is 54.7 Å². The van der Waals surface area contributed by atoms with E-state index in [1.807, 2.05) is 24.3 Å². The van der Waals surface area contributed by atoms with Crippen molar-refractivity contribution in [1.82, 2.24) is 14.8 Å². The van der Waals surface area contributed by atoms with E-state index in [1.54, 1.807) is 28.1 Å². The van der Waals surface area contributed by atoms with Gasteiger partial charge in [0.2, 0.25) is 0 Å². The van der Waals surface area contributed by atoms with Crippen molar-refractivity contribution in [3.63, 3.8) is 0 Å². The smallest absolute Gasteiger partial charge is 0.325 e. The Labute approximate surface area is 224 Å². The first-order chi connectivity index (χ1) is 17.5. The zero-order valence-electron chi connectivity index (χ0n) is 19.6. The standard InChI is InChI=1S/C26H26Cl2FN5OS/c27-20-5-3-19(4-6-20)2-1-9-31-10-12-32(13-11-31)24-16-21(29)7-8-23(24)34-15-14-33(26(34)35)18-22-17-30-25(28)36-22/h1-8,16-17H,9-15,18H2/b2-1+. The number of amides is 2. The second kappa shape index (κ2) is 11.2. The van der Waals surface area contributed by atoms with Gasteiger partial charge >= 0.3 is 6.03 Å². The molecule has 0 unspecified atom stereocenters. The molecule has 2 amide bonds. The summed E-state index contributed by atoms with van der Waals surface area (Å²) < 4.78 is 14.8. The van der Waals surface area contributed by atoms with Crippen LogP contribution in [-0.2, 0) is 6.54 Å². The second-order valence-electron chi connectivity index (χ2n) is 8.81. The number of urea groups is 1. The molecule has 0 aliphatic carbocycles. The first kappa shape index (κ1) is 25.0.